The second-order valence-corrected chi connectivity index (χ2v) is 5.84. The number of carbonyl (C=O) groups is 1. The summed E-state index contributed by atoms with van der Waals surface area (Å²) in [5.41, 5.74) is 1.66. The number of rotatable bonds is 4. The summed E-state index contributed by atoms with van der Waals surface area (Å²) in [5, 5.41) is 1.86. The smallest absolute Gasteiger partial charge is 0.168 e. The summed E-state index contributed by atoms with van der Waals surface area (Å²) >= 11 is 4.87. The van der Waals surface area contributed by atoms with Crippen molar-refractivity contribution in [3.8, 4) is 5.75 Å². The van der Waals surface area contributed by atoms with Crippen LogP contribution in [0.2, 0.25) is 0 Å². The molecule has 0 amide bonds. The molecular formula is C13H11BrO2S. The zero-order chi connectivity index (χ0) is 12.3. The molecule has 17 heavy (non-hydrogen) atoms. The van der Waals surface area contributed by atoms with Crippen LogP contribution in [0.15, 0.2) is 39.5 Å². The quantitative estimate of drug-likeness (QED) is 0.799. The van der Waals surface area contributed by atoms with Gasteiger partial charge in [-0.3, -0.25) is 4.79 Å². The summed E-state index contributed by atoms with van der Waals surface area (Å²) in [6, 6.07) is 9.44. The Morgan fingerprint density at radius 3 is 2.82 bits per heavy atom. The maximum atomic E-state index is 12.0. The summed E-state index contributed by atoms with van der Waals surface area (Å²) in [5.74, 6) is 0.867. The summed E-state index contributed by atoms with van der Waals surface area (Å²) in [6.45, 7) is 0. The number of halogens is 1. The van der Waals surface area contributed by atoms with Crippen LogP contribution in [0.25, 0.3) is 0 Å². The van der Waals surface area contributed by atoms with Gasteiger partial charge in [0.1, 0.15) is 5.75 Å². The summed E-state index contributed by atoms with van der Waals surface area (Å²) in [6.07, 6.45) is 0.368. The second-order valence-electron chi connectivity index (χ2n) is 3.55. The molecule has 88 valence electrons. The summed E-state index contributed by atoms with van der Waals surface area (Å²) < 4.78 is 6.20. The maximum absolute atomic E-state index is 12.0. The van der Waals surface area contributed by atoms with Gasteiger partial charge < -0.3 is 4.74 Å². The number of Topliss-reactive ketones (excluding diaryl/α,β-unsaturated/α-hetero) is 1. The number of hydrogen-bond acceptors (Lipinski definition) is 3. The lowest BCUT2D eigenvalue weighted by Crippen LogP contribution is -2.03. The van der Waals surface area contributed by atoms with E-state index < -0.39 is 0 Å². The van der Waals surface area contributed by atoms with Gasteiger partial charge in [0.15, 0.2) is 5.78 Å². The lowest BCUT2D eigenvalue weighted by atomic mass is 10.0. The molecule has 2 nitrogen and oxygen atoms in total. The number of ether oxygens (including phenoxy) is 1. The van der Waals surface area contributed by atoms with Gasteiger partial charge in [-0.2, -0.15) is 0 Å². The Morgan fingerprint density at radius 2 is 2.18 bits per heavy atom. The normalized spacial score (nSPS) is 10.2. The third-order valence-electron chi connectivity index (χ3n) is 2.43. The molecule has 0 unspecified atom stereocenters. The SMILES string of the molecule is COc1ccccc1CC(=O)c1csc(Br)c1. The van der Waals surface area contributed by atoms with E-state index in [1.165, 1.54) is 11.3 Å². The molecule has 2 rings (SSSR count). The van der Waals surface area contributed by atoms with E-state index in [0.29, 0.717) is 6.42 Å². The molecule has 4 heteroatoms. The van der Waals surface area contributed by atoms with Gasteiger partial charge in [0.25, 0.3) is 0 Å². The molecule has 1 aromatic heterocycles. The molecule has 0 fully saturated rings. The average Bonchev–Trinajstić information content (AvgIpc) is 2.77. The van der Waals surface area contributed by atoms with Crippen LogP contribution in [-0.2, 0) is 6.42 Å². The van der Waals surface area contributed by atoms with E-state index in [1.54, 1.807) is 7.11 Å². The molecule has 1 aromatic carbocycles. The van der Waals surface area contributed by atoms with Crippen LogP contribution in [0.4, 0.5) is 0 Å². The van der Waals surface area contributed by atoms with Gasteiger partial charge in [-0.05, 0) is 28.1 Å². The van der Waals surface area contributed by atoms with Crippen LogP contribution in [0, 0.1) is 0 Å². The van der Waals surface area contributed by atoms with E-state index in [4.69, 9.17) is 4.74 Å². The molecular weight excluding hydrogens is 300 g/mol. The number of thiophene rings is 1. The van der Waals surface area contributed by atoms with Gasteiger partial charge >= 0.3 is 0 Å². The van der Waals surface area contributed by atoms with E-state index in [0.717, 1.165) is 20.7 Å². The predicted octanol–water partition coefficient (Wildman–Crippen LogP) is 3.94. The van der Waals surface area contributed by atoms with Crippen molar-refractivity contribution < 1.29 is 9.53 Å². The topological polar surface area (TPSA) is 26.3 Å². The van der Waals surface area contributed by atoms with Gasteiger partial charge in [-0.15, -0.1) is 11.3 Å². The van der Waals surface area contributed by atoms with Crippen molar-refractivity contribution in [1.29, 1.82) is 0 Å². The van der Waals surface area contributed by atoms with Crippen molar-refractivity contribution in [2.75, 3.05) is 7.11 Å². The van der Waals surface area contributed by atoms with E-state index >= 15 is 0 Å². The van der Waals surface area contributed by atoms with Crippen LogP contribution in [0.3, 0.4) is 0 Å². The van der Waals surface area contributed by atoms with Crippen LogP contribution < -0.4 is 4.74 Å². The van der Waals surface area contributed by atoms with E-state index in [-0.39, 0.29) is 5.78 Å². The summed E-state index contributed by atoms with van der Waals surface area (Å²) in [4.78, 5) is 12.0. The Bertz CT molecular complexity index is 534. The molecule has 0 saturated carbocycles. The van der Waals surface area contributed by atoms with E-state index in [2.05, 4.69) is 15.9 Å². The Kier molecular flexibility index (Phi) is 3.97. The highest BCUT2D eigenvalue weighted by molar-refractivity contribution is 9.11. The van der Waals surface area contributed by atoms with Crippen molar-refractivity contribution in [1.82, 2.24) is 0 Å². The zero-order valence-electron chi connectivity index (χ0n) is 9.27. The standard InChI is InChI=1S/C13H11BrO2S/c1-16-12-5-3-2-4-9(12)6-11(15)10-7-13(14)17-8-10/h2-5,7-8H,6H2,1H3. The van der Waals surface area contributed by atoms with Crippen molar-refractivity contribution in [3.63, 3.8) is 0 Å². The Balaban J connectivity index is 2.18. The minimum Gasteiger partial charge on any atom is -0.496 e. The molecule has 0 atom stereocenters. The van der Waals surface area contributed by atoms with Crippen LogP contribution in [0.5, 0.6) is 5.75 Å². The minimum atomic E-state index is 0.108. The summed E-state index contributed by atoms with van der Waals surface area (Å²) in [7, 11) is 1.62. The highest BCUT2D eigenvalue weighted by atomic mass is 79.9. The number of benzene rings is 1. The molecule has 1 heterocycles. The van der Waals surface area contributed by atoms with Gasteiger partial charge in [-0.1, -0.05) is 18.2 Å². The van der Waals surface area contributed by atoms with Gasteiger partial charge in [0, 0.05) is 22.9 Å². The third-order valence-corrected chi connectivity index (χ3v) is 3.94. The number of para-hydroxylation sites is 1. The molecule has 0 saturated heterocycles. The molecule has 0 bridgehead atoms. The Hall–Kier alpha value is -1.13. The third kappa shape index (κ3) is 2.96. The molecule has 0 N–H and O–H groups in total. The van der Waals surface area contributed by atoms with E-state index in [1.807, 2.05) is 35.7 Å². The van der Waals surface area contributed by atoms with Crippen molar-refractivity contribution in [3.05, 3.63) is 50.6 Å². The molecule has 0 radical (unpaired) electrons. The molecule has 0 spiro atoms. The van der Waals surface area contributed by atoms with Gasteiger partial charge in [-0.25, -0.2) is 0 Å². The fourth-order valence-electron chi connectivity index (χ4n) is 1.58. The Morgan fingerprint density at radius 1 is 1.41 bits per heavy atom. The minimum absolute atomic E-state index is 0.108. The van der Waals surface area contributed by atoms with Crippen molar-refractivity contribution >= 4 is 33.0 Å². The second kappa shape index (κ2) is 5.47. The Labute approximate surface area is 112 Å². The fraction of sp³-hybridized carbons (Fsp3) is 0.154. The monoisotopic (exact) mass is 310 g/mol. The fourth-order valence-corrected chi connectivity index (χ4v) is 2.74. The molecule has 0 aliphatic carbocycles. The van der Waals surface area contributed by atoms with Crippen LogP contribution in [-0.4, -0.2) is 12.9 Å². The molecule has 2 aromatic rings. The number of methoxy groups -OCH3 is 1. The van der Waals surface area contributed by atoms with Crippen molar-refractivity contribution in [2.45, 2.75) is 6.42 Å². The first-order chi connectivity index (χ1) is 8.20. The van der Waals surface area contributed by atoms with Crippen LogP contribution >= 0.6 is 27.3 Å². The van der Waals surface area contributed by atoms with Gasteiger partial charge in [0.05, 0.1) is 10.9 Å². The average molecular weight is 311 g/mol. The number of ketones is 1. The van der Waals surface area contributed by atoms with Crippen LogP contribution in [0.1, 0.15) is 15.9 Å². The van der Waals surface area contributed by atoms with Crippen molar-refractivity contribution in [2.24, 2.45) is 0 Å². The first-order valence-corrected chi connectivity index (χ1v) is 6.77. The molecule has 0 aliphatic rings. The van der Waals surface area contributed by atoms with E-state index in [9.17, 15) is 4.79 Å². The predicted molar refractivity (Wildman–Crippen MR) is 73.0 cm³/mol. The molecule has 0 aliphatic heterocycles. The number of hydrogen-bond donors (Lipinski definition) is 0. The first-order valence-electron chi connectivity index (χ1n) is 5.10. The first kappa shape index (κ1) is 12.3. The van der Waals surface area contributed by atoms with Gasteiger partial charge in [0.2, 0.25) is 0 Å². The lowest BCUT2D eigenvalue weighted by molar-refractivity contribution is 0.0992. The highest BCUT2D eigenvalue weighted by Crippen LogP contribution is 2.24. The zero-order valence-corrected chi connectivity index (χ0v) is 11.7. The maximum Gasteiger partial charge on any atom is 0.168 e. The number of carbonyl (C=O) groups excluding carboxylic acids is 1. The largest absolute Gasteiger partial charge is 0.496 e. The highest BCUT2D eigenvalue weighted by Gasteiger charge is 2.11. The lowest BCUT2D eigenvalue weighted by Gasteiger charge is -2.06.